The number of hydrogen-bond donors (Lipinski definition) is 0. The summed E-state index contributed by atoms with van der Waals surface area (Å²) in [6.07, 6.45) is 4.74. The average Bonchev–Trinajstić information content (AvgIpc) is 2.84. The van der Waals surface area contributed by atoms with Crippen molar-refractivity contribution in [2.24, 2.45) is 5.92 Å². The molecule has 0 spiro atoms. The van der Waals surface area contributed by atoms with Gasteiger partial charge in [-0.1, -0.05) is 12.8 Å². The van der Waals surface area contributed by atoms with Crippen LogP contribution in [0.1, 0.15) is 36.8 Å². The minimum absolute atomic E-state index is 0.220. The SMILES string of the molecule is N#Cc1ccc(F)c(CS(=O)CC2CCCC2)c1. The van der Waals surface area contributed by atoms with Crippen LogP contribution in [0.2, 0.25) is 0 Å². The van der Waals surface area contributed by atoms with Gasteiger partial charge < -0.3 is 0 Å². The first-order valence-corrected chi connectivity index (χ1v) is 7.71. The predicted octanol–water partition coefficient (Wildman–Crippen LogP) is 3.14. The van der Waals surface area contributed by atoms with Crippen molar-refractivity contribution in [2.75, 3.05) is 5.75 Å². The van der Waals surface area contributed by atoms with Crippen LogP contribution in [0.5, 0.6) is 0 Å². The van der Waals surface area contributed by atoms with Crippen molar-refractivity contribution in [2.45, 2.75) is 31.4 Å². The Morgan fingerprint density at radius 1 is 1.39 bits per heavy atom. The fraction of sp³-hybridized carbons (Fsp3) is 0.500. The third-order valence-corrected chi connectivity index (χ3v) is 4.86. The molecule has 18 heavy (non-hydrogen) atoms. The van der Waals surface area contributed by atoms with Crippen molar-refractivity contribution in [3.05, 3.63) is 35.1 Å². The smallest absolute Gasteiger partial charge is 0.127 e. The monoisotopic (exact) mass is 265 g/mol. The molecule has 1 aromatic carbocycles. The van der Waals surface area contributed by atoms with Crippen LogP contribution in [-0.4, -0.2) is 9.96 Å². The van der Waals surface area contributed by atoms with Gasteiger partial charge in [0.2, 0.25) is 0 Å². The van der Waals surface area contributed by atoms with Gasteiger partial charge in [-0.2, -0.15) is 5.26 Å². The quantitative estimate of drug-likeness (QED) is 0.839. The van der Waals surface area contributed by atoms with Crippen LogP contribution in [0.25, 0.3) is 0 Å². The highest BCUT2D eigenvalue weighted by Gasteiger charge is 2.18. The summed E-state index contributed by atoms with van der Waals surface area (Å²) >= 11 is 0. The summed E-state index contributed by atoms with van der Waals surface area (Å²) in [5.41, 5.74) is 0.814. The molecule has 1 aliphatic carbocycles. The zero-order valence-corrected chi connectivity index (χ0v) is 11.0. The second kappa shape index (κ2) is 6.10. The molecule has 2 rings (SSSR count). The largest absolute Gasteiger partial charge is 0.259 e. The topological polar surface area (TPSA) is 40.9 Å². The van der Waals surface area contributed by atoms with Crippen molar-refractivity contribution >= 4 is 10.8 Å². The molecule has 1 aliphatic rings. The Balaban J connectivity index is 1.99. The van der Waals surface area contributed by atoms with E-state index in [4.69, 9.17) is 5.26 Å². The Kier molecular flexibility index (Phi) is 4.48. The summed E-state index contributed by atoms with van der Waals surface area (Å²) in [5.74, 6) is 1.05. The van der Waals surface area contributed by atoms with Gasteiger partial charge >= 0.3 is 0 Å². The van der Waals surface area contributed by atoms with E-state index in [2.05, 4.69) is 0 Å². The van der Waals surface area contributed by atoms with E-state index in [9.17, 15) is 8.60 Å². The van der Waals surface area contributed by atoms with E-state index < -0.39 is 10.8 Å². The Bertz CT molecular complexity index is 489. The van der Waals surface area contributed by atoms with E-state index in [-0.39, 0.29) is 11.6 Å². The highest BCUT2D eigenvalue weighted by atomic mass is 32.2. The van der Waals surface area contributed by atoms with Gasteiger partial charge in [0.25, 0.3) is 0 Å². The summed E-state index contributed by atoms with van der Waals surface area (Å²) in [7, 11) is -1.03. The molecule has 1 saturated carbocycles. The summed E-state index contributed by atoms with van der Waals surface area (Å²) in [6, 6.07) is 6.20. The molecule has 96 valence electrons. The normalized spacial score (nSPS) is 17.6. The molecular weight excluding hydrogens is 249 g/mol. The van der Waals surface area contributed by atoms with Crippen LogP contribution >= 0.6 is 0 Å². The van der Waals surface area contributed by atoms with Gasteiger partial charge in [0.1, 0.15) is 5.82 Å². The lowest BCUT2D eigenvalue weighted by molar-refractivity contribution is 0.599. The third-order valence-electron chi connectivity index (χ3n) is 3.39. The molecule has 0 bridgehead atoms. The maximum absolute atomic E-state index is 13.5. The van der Waals surface area contributed by atoms with Gasteiger partial charge in [-0.15, -0.1) is 0 Å². The van der Waals surface area contributed by atoms with E-state index >= 15 is 0 Å². The van der Waals surface area contributed by atoms with Gasteiger partial charge in [0.15, 0.2) is 0 Å². The second-order valence-electron chi connectivity index (χ2n) is 4.82. The first-order chi connectivity index (χ1) is 8.69. The summed E-state index contributed by atoms with van der Waals surface area (Å²) in [6.45, 7) is 0. The fourth-order valence-electron chi connectivity index (χ4n) is 2.43. The number of hydrogen-bond acceptors (Lipinski definition) is 2. The molecule has 0 N–H and O–H groups in total. The number of nitrogens with zero attached hydrogens (tertiary/aromatic N) is 1. The zero-order chi connectivity index (χ0) is 13.0. The zero-order valence-electron chi connectivity index (χ0n) is 10.2. The van der Waals surface area contributed by atoms with Crippen molar-refractivity contribution < 1.29 is 8.60 Å². The van der Waals surface area contributed by atoms with Crippen LogP contribution in [0.4, 0.5) is 4.39 Å². The van der Waals surface area contributed by atoms with Crippen molar-refractivity contribution in [3.8, 4) is 6.07 Å². The van der Waals surface area contributed by atoms with Crippen molar-refractivity contribution in [1.29, 1.82) is 5.26 Å². The maximum Gasteiger partial charge on any atom is 0.127 e. The first-order valence-electron chi connectivity index (χ1n) is 6.22. The molecule has 2 nitrogen and oxygen atoms in total. The van der Waals surface area contributed by atoms with Gasteiger partial charge in [-0.3, -0.25) is 4.21 Å². The van der Waals surface area contributed by atoms with Gasteiger partial charge in [-0.25, -0.2) is 4.39 Å². The van der Waals surface area contributed by atoms with Crippen LogP contribution in [0.15, 0.2) is 18.2 Å². The Labute approximate surface area is 109 Å². The number of rotatable bonds is 4. The molecule has 4 heteroatoms. The van der Waals surface area contributed by atoms with E-state index in [1.165, 1.54) is 31.0 Å². The summed E-state index contributed by atoms with van der Waals surface area (Å²) < 4.78 is 25.5. The molecule has 0 aliphatic heterocycles. The van der Waals surface area contributed by atoms with Crippen LogP contribution < -0.4 is 0 Å². The average molecular weight is 265 g/mol. The van der Waals surface area contributed by atoms with Crippen LogP contribution in [0.3, 0.4) is 0 Å². The lowest BCUT2D eigenvalue weighted by Crippen LogP contribution is -2.10. The third kappa shape index (κ3) is 3.39. The molecule has 1 fully saturated rings. The highest BCUT2D eigenvalue weighted by molar-refractivity contribution is 7.84. The molecule has 1 unspecified atom stereocenters. The molecule has 0 aromatic heterocycles. The van der Waals surface area contributed by atoms with Crippen molar-refractivity contribution in [3.63, 3.8) is 0 Å². The number of nitriles is 1. The molecule has 1 aromatic rings. The summed E-state index contributed by atoms with van der Waals surface area (Å²) in [4.78, 5) is 0. The Hall–Kier alpha value is -1.21. The molecule has 0 radical (unpaired) electrons. The standard InChI is InChI=1S/C14H16FNOS/c15-14-6-5-12(8-16)7-13(14)10-18(17)9-11-3-1-2-4-11/h5-7,11H,1-4,9-10H2. The van der Waals surface area contributed by atoms with E-state index in [0.717, 1.165) is 12.8 Å². The Morgan fingerprint density at radius 2 is 2.11 bits per heavy atom. The molecular formula is C14H16FNOS. The summed E-state index contributed by atoms with van der Waals surface area (Å²) in [5, 5.41) is 8.77. The Morgan fingerprint density at radius 3 is 2.78 bits per heavy atom. The predicted molar refractivity (Wildman–Crippen MR) is 69.8 cm³/mol. The van der Waals surface area contributed by atoms with Gasteiger partial charge in [-0.05, 0) is 37.0 Å². The van der Waals surface area contributed by atoms with Crippen molar-refractivity contribution in [1.82, 2.24) is 0 Å². The molecule has 0 amide bonds. The first kappa shape index (κ1) is 13.2. The fourth-order valence-corrected chi connectivity index (χ4v) is 3.97. The van der Waals surface area contributed by atoms with E-state index in [0.29, 0.717) is 22.8 Å². The minimum atomic E-state index is -1.03. The van der Waals surface area contributed by atoms with Crippen LogP contribution in [-0.2, 0) is 16.6 Å². The molecule has 0 saturated heterocycles. The lowest BCUT2D eigenvalue weighted by Gasteiger charge is -2.09. The van der Waals surface area contributed by atoms with E-state index in [1.807, 2.05) is 6.07 Å². The molecule has 1 atom stereocenters. The highest BCUT2D eigenvalue weighted by Crippen LogP contribution is 2.26. The van der Waals surface area contributed by atoms with Gasteiger partial charge in [0.05, 0.1) is 17.4 Å². The number of benzene rings is 1. The molecule has 0 heterocycles. The second-order valence-corrected chi connectivity index (χ2v) is 6.32. The lowest BCUT2D eigenvalue weighted by atomic mass is 10.1. The van der Waals surface area contributed by atoms with Crippen LogP contribution in [0, 0.1) is 23.1 Å². The maximum atomic E-state index is 13.5. The van der Waals surface area contributed by atoms with E-state index in [1.54, 1.807) is 0 Å². The van der Waals surface area contributed by atoms with Gasteiger partial charge in [0, 0.05) is 22.1 Å². The minimum Gasteiger partial charge on any atom is -0.259 e. The number of halogens is 1.